The van der Waals surface area contributed by atoms with E-state index < -0.39 is 27.1 Å². The minimum Gasteiger partial charge on any atom is -0.485 e. The van der Waals surface area contributed by atoms with Crippen molar-refractivity contribution in [3.8, 4) is 5.75 Å². The fraction of sp³-hybridized carbons (Fsp3) is 0.174. The molecule has 0 atom stereocenters. The highest BCUT2D eigenvalue weighted by Crippen LogP contribution is 2.30. The molecule has 1 amide bonds. The molecule has 11 heteroatoms. The normalized spacial score (nSPS) is 11.5. The predicted octanol–water partition coefficient (Wildman–Crippen LogP) is 3.36. The number of aromatic nitrogens is 2. The van der Waals surface area contributed by atoms with Gasteiger partial charge in [0.25, 0.3) is 11.5 Å². The summed E-state index contributed by atoms with van der Waals surface area (Å²) in [6, 6.07) is 12.2. The van der Waals surface area contributed by atoms with Gasteiger partial charge < -0.3 is 14.6 Å². The van der Waals surface area contributed by atoms with Gasteiger partial charge in [0.2, 0.25) is 0 Å². The number of sulfone groups is 1. The van der Waals surface area contributed by atoms with Gasteiger partial charge in [-0.3, -0.25) is 9.59 Å². The van der Waals surface area contributed by atoms with E-state index in [0.29, 0.717) is 17.1 Å². The first kappa shape index (κ1) is 23.2. The van der Waals surface area contributed by atoms with Crippen molar-refractivity contribution in [3.63, 3.8) is 0 Å². The minimum atomic E-state index is -3.59. The second-order valence-electron chi connectivity index (χ2n) is 7.37. The Balaban J connectivity index is 1.66. The molecule has 0 unspecified atom stereocenters. The zero-order chi connectivity index (χ0) is 24.5. The molecule has 0 saturated heterocycles. The summed E-state index contributed by atoms with van der Waals surface area (Å²) < 4.78 is 50.8. The molecule has 0 aliphatic heterocycles. The SMILES string of the molecule is CCS(=O)(=O)c1ccc(OCc2cc(=O)n3oc(C)cc3n2)c(NC(=O)c2ccccc2F)c1. The van der Waals surface area contributed by atoms with Crippen molar-refractivity contribution < 1.29 is 26.9 Å². The third-order valence-electron chi connectivity index (χ3n) is 4.96. The molecule has 0 radical (unpaired) electrons. The lowest BCUT2D eigenvalue weighted by Gasteiger charge is -2.14. The molecule has 4 rings (SSSR count). The number of ether oxygens (including phenoxy) is 1. The lowest BCUT2D eigenvalue weighted by Crippen LogP contribution is -2.16. The van der Waals surface area contributed by atoms with Crippen LogP contribution in [0, 0.1) is 12.7 Å². The van der Waals surface area contributed by atoms with Gasteiger partial charge in [0.1, 0.15) is 23.9 Å². The Hall–Kier alpha value is -3.99. The predicted molar refractivity (Wildman–Crippen MR) is 121 cm³/mol. The number of fused-ring (bicyclic) bond motifs is 1. The maximum absolute atomic E-state index is 14.1. The molecule has 176 valence electrons. The second-order valence-corrected chi connectivity index (χ2v) is 9.65. The number of hydrogen-bond donors (Lipinski definition) is 1. The molecular formula is C23H20FN3O6S. The van der Waals surface area contributed by atoms with Crippen LogP contribution in [0.15, 0.2) is 68.8 Å². The molecule has 0 spiro atoms. The van der Waals surface area contributed by atoms with Gasteiger partial charge in [-0.15, -0.1) is 4.57 Å². The van der Waals surface area contributed by atoms with E-state index in [1.807, 2.05) is 0 Å². The summed E-state index contributed by atoms with van der Waals surface area (Å²) in [7, 11) is -3.59. The first-order valence-electron chi connectivity index (χ1n) is 10.2. The van der Waals surface area contributed by atoms with Gasteiger partial charge in [0.15, 0.2) is 15.5 Å². The maximum atomic E-state index is 14.1. The fourth-order valence-electron chi connectivity index (χ4n) is 3.23. The largest absolute Gasteiger partial charge is 0.485 e. The van der Waals surface area contributed by atoms with E-state index in [4.69, 9.17) is 9.26 Å². The lowest BCUT2D eigenvalue weighted by molar-refractivity contribution is 0.102. The van der Waals surface area contributed by atoms with E-state index in [0.717, 1.165) is 10.6 Å². The van der Waals surface area contributed by atoms with Crippen molar-refractivity contribution in [2.75, 3.05) is 11.1 Å². The first-order valence-corrected chi connectivity index (χ1v) is 11.9. The number of halogens is 1. The summed E-state index contributed by atoms with van der Waals surface area (Å²) >= 11 is 0. The topological polar surface area (TPSA) is 120 Å². The van der Waals surface area contributed by atoms with Crippen LogP contribution in [0.5, 0.6) is 5.75 Å². The summed E-state index contributed by atoms with van der Waals surface area (Å²) in [5.74, 6) is -1.03. The summed E-state index contributed by atoms with van der Waals surface area (Å²) in [6.45, 7) is 3.02. The highest BCUT2D eigenvalue weighted by molar-refractivity contribution is 7.91. The van der Waals surface area contributed by atoms with Crippen molar-refractivity contribution >= 4 is 27.1 Å². The minimum absolute atomic E-state index is 0.0275. The van der Waals surface area contributed by atoms with Gasteiger partial charge in [-0.25, -0.2) is 17.8 Å². The van der Waals surface area contributed by atoms with E-state index in [1.54, 1.807) is 13.0 Å². The summed E-state index contributed by atoms with van der Waals surface area (Å²) in [6.07, 6.45) is 0. The standard InChI is InChI=1S/C23H20FN3O6S/c1-3-34(30,31)16-8-9-20(19(12-16)26-23(29)17-6-4-5-7-18(17)24)32-13-15-11-22(28)27-21(25-15)10-14(2)33-27/h4-12H,3,13H2,1-2H3,(H,26,29). The molecule has 34 heavy (non-hydrogen) atoms. The molecule has 0 aliphatic rings. The Labute approximate surface area is 193 Å². The van der Waals surface area contributed by atoms with Gasteiger partial charge in [0.05, 0.1) is 27.6 Å². The van der Waals surface area contributed by atoms with Gasteiger partial charge in [0, 0.05) is 12.1 Å². The van der Waals surface area contributed by atoms with Crippen LogP contribution < -0.4 is 15.6 Å². The van der Waals surface area contributed by atoms with Crippen LogP contribution in [0.3, 0.4) is 0 Å². The van der Waals surface area contributed by atoms with E-state index in [2.05, 4.69) is 10.3 Å². The van der Waals surface area contributed by atoms with Crippen LogP contribution in [0.2, 0.25) is 0 Å². The van der Waals surface area contributed by atoms with Crippen molar-refractivity contribution in [1.29, 1.82) is 0 Å². The molecule has 9 nitrogen and oxygen atoms in total. The monoisotopic (exact) mass is 485 g/mol. The van der Waals surface area contributed by atoms with E-state index >= 15 is 0 Å². The van der Waals surface area contributed by atoms with Gasteiger partial charge in [-0.05, 0) is 37.3 Å². The number of rotatable bonds is 7. The second kappa shape index (κ2) is 9.10. The van der Waals surface area contributed by atoms with Crippen molar-refractivity contribution in [2.24, 2.45) is 0 Å². The molecule has 4 aromatic rings. The van der Waals surface area contributed by atoms with Crippen LogP contribution in [-0.4, -0.2) is 29.6 Å². The van der Waals surface area contributed by atoms with Crippen molar-refractivity contribution in [2.45, 2.75) is 25.3 Å². The van der Waals surface area contributed by atoms with Crippen molar-refractivity contribution in [3.05, 3.63) is 87.8 Å². The molecule has 0 saturated carbocycles. The van der Waals surface area contributed by atoms with Gasteiger partial charge >= 0.3 is 0 Å². The molecule has 2 aromatic heterocycles. The first-order chi connectivity index (χ1) is 16.2. The Morgan fingerprint density at radius 2 is 1.94 bits per heavy atom. The Kier molecular flexibility index (Phi) is 6.20. The van der Waals surface area contributed by atoms with E-state index in [1.165, 1.54) is 49.4 Å². The van der Waals surface area contributed by atoms with Crippen LogP contribution in [-0.2, 0) is 16.4 Å². The highest BCUT2D eigenvalue weighted by atomic mass is 32.2. The van der Waals surface area contributed by atoms with E-state index in [9.17, 15) is 22.4 Å². The van der Waals surface area contributed by atoms with Crippen LogP contribution in [0.4, 0.5) is 10.1 Å². The number of anilines is 1. The molecule has 2 aromatic carbocycles. The molecule has 0 bridgehead atoms. The Bertz CT molecular complexity index is 1560. The Morgan fingerprint density at radius 1 is 1.18 bits per heavy atom. The van der Waals surface area contributed by atoms with Crippen LogP contribution in [0.25, 0.3) is 5.65 Å². The highest BCUT2D eigenvalue weighted by Gasteiger charge is 2.19. The number of carbonyl (C=O) groups excluding carboxylic acids is 1. The number of nitrogens with zero attached hydrogens (tertiary/aromatic N) is 2. The summed E-state index contributed by atoms with van der Waals surface area (Å²) in [4.78, 5) is 29.2. The number of aryl methyl sites for hydroxylation is 1. The number of nitrogens with one attached hydrogen (secondary N) is 1. The zero-order valence-corrected chi connectivity index (χ0v) is 19.1. The quantitative estimate of drug-likeness (QED) is 0.426. The van der Waals surface area contributed by atoms with Crippen molar-refractivity contribution in [1.82, 2.24) is 9.56 Å². The average molecular weight is 485 g/mol. The number of carbonyl (C=O) groups is 1. The Morgan fingerprint density at radius 3 is 2.68 bits per heavy atom. The zero-order valence-electron chi connectivity index (χ0n) is 18.2. The molecule has 0 fully saturated rings. The molecule has 0 aliphatic carbocycles. The number of hydrogen-bond acceptors (Lipinski definition) is 7. The molecular weight excluding hydrogens is 465 g/mol. The smallest absolute Gasteiger partial charge is 0.287 e. The third kappa shape index (κ3) is 4.69. The fourth-order valence-corrected chi connectivity index (χ4v) is 4.13. The summed E-state index contributed by atoms with van der Waals surface area (Å²) in [5.41, 5.74) is -0.0231. The number of benzene rings is 2. The molecule has 1 N–H and O–H groups in total. The third-order valence-corrected chi connectivity index (χ3v) is 6.69. The van der Waals surface area contributed by atoms with E-state index in [-0.39, 0.29) is 34.3 Å². The summed E-state index contributed by atoms with van der Waals surface area (Å²) in [5, 5.41) is 2.52. The molecule has 2 heterocycles. The van der Waals surface area contributed by atoms with Gasteiger partial charge in [-0.2, -0.15) is 0 Å². The van der Waals surface area contributed by atoms with Gasteiger partial charge in [-0.1, -0.05) is 19.1 Å². The lowest BCUT2D eigenvalue weighted by atomic mass is 10.2. The average Bonchev–Trinajstić information content (AvgIpc) is 3.19. The van der Waals surface area contributed by atoms with Crippen LogP contribution >= 0.6 is 0 Å². The maximum Gasteiger partial charge on any atom is 0.287 e. The van der Waals surface area contributed by atoms with Crippen LogP contribution in [0.1, 0.15) is 28.7 Å². The number of amides is 1.